The molecule has 3 N–H and O–H groups in total. The van der Waals surface area contributed by atoms with Crippen LogP contribution in [0, 0.1) is 0 Å². The number of phenolic OH excluding ortho intramolecular Hbond substituents is 1. The SMILES string of the molecule is CCC(NC(C)C)C(O)c1ccc(O)c2c1ccc(=O)n2C. The number of hydrogen-bond donors (Lipinski definition) is 3. The number of nitrogens with zero attached hydrogens (tertiary/aromatic N) is 1. The molecule has 0 saturated carbocycles. The third kappa shape index (κ3) is 3.00. The summed E-state index contributed by atoms with van der Waals surface area (Å²) in [6, 6.07) is 6.53. The summed E-state index contributed by atoms with van der Waals surface area (Å²) in [5, 5.41) is 24.9. The number of phenols is 1. The summed E-state index contributed by atoms with van der Waals surface area (Å²) >= 11 is 0. The molecule has 22 heavy (non-hydrogen) atoms. The van der Waals surface area contributed by atoms with Gasteiger partial charge in [-0.05, 0) is 24.1 Å². The summed E-state index contributed by atoms with van der Waals surface area (Å²) in [4.78, 5) is 11.8. The third-order valence-electron chi connectivity index (χ3n) is 3.98. The fourth-order valence-corrected chi connectivity index (χ4v) is 2.85. The zero-order chi connectivity index (χ0) is 16.4. The summed E-state index contributed by atoms with van der Waals surface area (Å²) in [7, 11) is 1.62. The molecule has 1 aromatic heterocycles. The molecule has 2 aromatic rings. The number of aliphatic hydroxyl groups excluding tert-OH is 1. The van der Waals surface area contributed by atoms with Crippen LogP contribution in [-0.4, -0.2) is 26.9 Å². The van der Waals surface area contributed by atoms with Crippen LogP contribution in [0.15, 0.2) is 29.1 Å². The van der Waals surface area contributed by atoms with Gasteiger partial charge in [-0.1, -0.05) is 26.8 Å². The average Bonchev–Trinajstić information content (AvgIpc) is 2.47. The van der Waals surface area contributed by atoms with E-state index in [0.29, 0.717) is 16.5 Å². The van der Waals surface area contributed by atoms with Gasteiger partial charge in [-0.25, -0.2) is 0 Å². The first-order chi connectivity index (χ1) is 10.4. The van der Waals surface area contributed by atoms with Crippen molar-refractivity contribution in [3.8, 4) is 5.75 Å². The number of benzene rings is 1. The summed E-state index contributed by atoms with van der Waals surface area (Å²) in [6.45, 7) is 6.09. The molecule has 2 rings (SSSR count). The fraction of sp³-hybridized carbons (Fsp3) is 0.471. The molecule has 0 aliphatic rings. The molecule has 0 aliphatic carbocycles. The van der Waals surface area contributed by atoms with Crippen LogP contribution in [0.5, 0.6) is 5.75 Å². The van der Waals surface area contributed by atoms with Crippen molar-refractivity contribution in [1.82, 2.24) is 9.88 Å². The van der Waals surface area contributed by atoms with Gasteiger partial charge in [0, 0.05) is 30.6 Å². The first kappa shape index (κ1) is 16.5. The van der Waals surface area contributed by atoms with E-state index in [-0.39, 0.29) is 23.4 Å². The van der Waals surface area contributed by atoms with Gasteiger partial charge in [-0.15, -0.1) is 0 Å². The molecule has 0 fully saturated rings. The van der Waals surface area contributed by atoms with Crippen molar-refractivity contribution in [2.45, 2.75) is 45.4 Å². The maximum Gasteiger partial charge on any atom is 0.250 e. The lowest BCUT2D eigenvalue weighted by atomic mass is 9.95. The first-order valence-electron chi connectivity index (χ1n) is 7.62. The number of fused-ring (bicyclic) bond motifs is 1. The minimum absolute atomic E-state index is 0.0380. The standard InChI is InChI=1S/C17H24N2O3/c1-5-13(18-10(2)3)17(22)12-6-8-14(20)16-11(12)7-9-15(21)19(16)4/h6-10,13,17-18,20,22H,5H2,1-4H3. The Bertz CT molecular complexity index is 722. The Morgan fingerprint density at radius 2 is 1.91 bits per heavy atom. The van der Waals surface area contributed by atoms with Crippen molar-refractivity contribution >= 4 is 10.9 Å². The third-order valence-corrected chi connectivity index (χ3v) is 3.98. The zero-order valence-corrected chi connectivity index (χ0v) is 13.5. The molecule has 0 saturated heterocycles. The lowest BCUT2D eigenvalue weighted by Gasteiger charge is -2.26. The van der Waals surface area contributed by atoms with Crippen molar-refractivity contribution in [1.29, 1.82) is 0 Å². The highest BCUT2D eigenvalue weighted by atomic mass is 16.3. The highest BCUT2D eigenvalue weighted by molar-refractivity contribution is 5.88. The minimum Gasteiger partial charge on any atom is -0.506 e. The number of hydrogen-bond acceptors (Lipinski definition) is 4. The Kier molecular flexibility index (Phi) is 4.88. The van der Waals surface area contributed by atoms with E-state index in [2.05, 4.69) is 5.32 Å². The Morgan fingerprint density at radius 1 is 1.23 bits per heavy atom. The van der Waals surface area contributed by atoms with Crippen LogP contribution >= 0.6 is 0 Å². The summed E-state index contributed by atoms with van der Waals surface area (Å²) in [6.07, 6.45) is 0.0565. The number of rotatable bonds is 5. The van der Waals surface area contributed by atoms with Crippen LogP contribution in [-0.2, 0) is 7.05 Å². The number of nitrogens with one attached hydrogen (secondary N) is 1. The molecule has 0 amide bonds. The molecular weight excluding hydrogens is 280 g/mol. The van der Waals surface area contributed by atoms with Gasteiger partial charge in [-0.3, -0.25) is 4.79 Å². The summed E-state index contributed by atoms with van der Waals surface area (Å²) in [5.41, 5.74) is 0.966. The van der Waals surface area contributed by atoms with E-state index in [1.807, 2.05) is 20.8 Å². The van der Waals surface area contributed by atoms with Crippen molar-refractivity contribution in [2.75, 3.05) is 0 Å². The maximum atomic E-state index is 11.8. The molecule has 5 nitrogen and oxygen atoms in total. The molecule has 0 spiro atoms. The quantitative estimate of drug-likeness (QED) is 0.790. The molecular formula is C17H24N2O3. The van der Waals surface area contributed by atoms with Crippen LogP contribution in [0.2, 0.25) is 0 Å². The average molecular weight is 304 g/mol. The van der Waals surface area contributed by atoms with Crippen molar-refractivity contribution < 1.29 is 10.2 Å². The molecule has 1 aromatic carbocycles. The van der Waals surface area contributed by atoms with E-state index in [1.165, 1.54) is 16.7 Å². The molecule has 0 radical (unpaired) electrons. The van der Waals surface area contributed by atoms with E-state index >= 15 is 0 Å². The molecule has 0 bridgehead atoms. The monoisotopic (exact) mass is 304 g/mol. The van der Waals surface area contributed by atoms with E-state index in [0.717, 1.165) is 6.42 Å². The van der Waals surface area contributed by atoms with Gasteiger partial charge in [0.25, 0.3) is 5.56 Å². The molecule has 5 heteroatoms. The Labute approximate surface area is 130 Å². The Hall–Kier alpha value is -1.85. The number of pyridine rings is 1. The van der Waals surface area contributed by atoms with E-state index in [4.69, 9.17) is 0 Å². The van der Waals surface area contributed by atoms with Crippen LogP contribution in [0.3, 0.4) is 0 Å². The topological polar surface area (TPSA) is 74.5 Å². The van der Waals surface area contributed by atoms with Gasteiger partial charge in [0.1, 0.15) is 5.75 Å². The van der Waals surface area contributed by atoms with E-state index < -0.39 is 6.10 Å². The number of aliphatic hydroxyl groups is 1. The first-order valence-corrected chi connectivity index (χ1v) is 7.62. The lowest BCUT2D eigenvalue weighted by molar-refractivity contribution is 0.123. The second-order valence-corrected chi connectivity index (χ2v) is 5.95. The van der Waals surface area contributed by atoms with Gasteiger partial charge in [0.2, 0.25) is 0 Å². The Balaban J connectivity index is 2.59. The molecule has 0 aliphatic heterocycles. The minimum atomic E-state index is -0.715. The van der Waals surface area contributed by atoms with Crippen LogP contribution < -0.4 is 10.9 Å². The Morgan fingerprint density at radius 3 is 2.50 bits per heavy atom. The number of aromatic hydroxyl groups is 1. The second-order valence-electron chi connectivity index (χ2n) is 5.95. The largest absolute Gasteiger partial charge is 0.506 e. The second kappa shape index (κ2) is 6.50. The van der Waals surface area contributed by atoms with Crippen molar-refractivity contribution in [2.24, 2.45) is 7.05 Å². The zero-order valence-electron chi connectivity index (χ0n) is 13.5. The predicted molar refractivity (Wildman–Crippen MR) is 88.2 cm³/mol. The maximum absolute atomic E-state index is 11.8. The van der Waals surface area contributed by atoms with Crippen molar-refractivity contribution in [3.05, 3.63) is 40.2 Å². The van der Waals surface area contributed by atoms with Gasteiger partial charge < -0.3 is 20.1 Å². The number of aryl methyl sites for hydroxylation is 1. The van der Waals surface area contributed by atoms with Crippen LogP contribution in [0.1, 0.15) is 38.9 Å². The van der Waals surface area contributed by atoms with Crippen LogP contribution in [0.25, 0.3) is 10.9 Å². The smallest absolute Gasteiger partial charge is 0.250 e. The predicted octanol–water partition coefficient (Wildman–Crippen LogP) is 2.05. The van der Waals surface area contributed by atoms with E-state index in [9.17, 15) is 15.0 Å². The van der Waals surface area contributed by atoms with Crippen LogP contribution in [0.4, 0.5) is 0 Å². The fourth-order valence-electron chi connectivity index (χ4n) is 2.85. The van der Waals surface area contributed by atoms with Gasteiger partial charge in [0.15, 0.2) is 0 Å². The molecule has 120 valence electrons. The lowest BCUT2D eigenvalue weighted by Crippen LogP contribution is -2.39. The molecule has 2 unspecified atom stereocenters. The molecule has 2 atom stereocenters. The van der Waals surface area contributed by atoms with E-state index in [1.54, 1.807) is 19.2 Å². The normalized spacial score (nSPS) is 14.5. The van der Waals surface area contributed by atoms with Gasteiger partial charge >= 0.3 is 0 Å². The molecule has 1 heterocycles. The summed E-state index contributed by atoms with van der Waals surface area (Å²) < 4.78 is 1.40. The highest BCUT2D eigenvalue weighted by Crippen LogP contribution is 2.31. The highest BCUT2D eigenvalue weighted by Gasteiger charge is 2.23. The van der Waals surface area contributed by atoms with Crippen molar-refractivity contribution in [3.63, 3.8) is 0 Å². The summed E-state index contributed by atoms with van der Waals surface area (Å²) in [5.74, 6) is 0.0380. The van der Waals surface area contributed by atoms with Gasteiger partial charge in [-0.2, -0.15) is 0 Å². The number of aromatic nitrogens is 1. The van der Waals surface area contributed by atoms with Gasteiger partial charge in [0.05, 0.1) is 11.6 Å².